The number of methoxy groups -OCH3 is 1. The van der Waals surface area contributed by atoms with Crippen LogP contribution in [0.4, 0.5) is 9.52 Å². The van der Waals surface area contributed by atoms with E-state index in [-0.39, 0.29) is 11.7 Å². The number of hydrogen-bond donors (Lipinski definition) is 0. The molecule has 41 heavy (non-hydrogen) atoms. The summed E-state index contributed by atoms with van der Waals surface area (Å²) in [5, 5.41) is 6.25. The Bertz CT molecular complexity index is 1620. The zero-order valence-electron chi connectivity index (χ0n) is 22.4. The Morgan fingerprint density at radius 1 is 1.15 bits per heavy atom. The minimum atomic E-state index is -0.559. The largest absolute Gasteiger partial charge is 0.465 e. The standard InChI is InChI=1S/C30H28Cl2FN3O4S/c1-38-29(37)17-10-23(33)27-24(11-17)41-30(34-27)36-12-16-7-8-19(9-18(16)13-36)39-14-20-26(35-40-28(20)15-5-6-15)25-21(31)3-2-4-22(25)32/h2-4,10-11,15-16,18-19H,5-9,12-14H2,1H3/t16-,18+,19+/m1/s1. The van der Waals surface area contributed by atoms with Gasteiger partial charge in [-0.25, -0.2) is 14.2 Å². The number of rotatable bonds is 7. The van der Waals surface area contributed by atoms with E-state index in [1.807, 2.05) is 18.2 Å². The van der Waals surface area contributed by atoms with Crippen LogP contribution in [0.15, 0.2) is 34.9 Å². The number of carbonyl (C=O) groups is 1. The number of fused-ring (bicyclic) bond motifs is 2. The molecule has 0 radical (unpaired) electrons. The van der Waals surface area contributed by atoms with Crippen LogP contribution in [-0.2, 0) is 16.1 Å². The van der Waals surface area contributed by atoms with Gasteiger partial charge in [0.2, 0.25) is 0 Å². The van der Waals surface area contributed by atoms with Crippen molar-refractivity contribution < 1.29 is 23.2 Å². The van der Waals surface area contributed by atoms with Crippen LogP contribution in [0.5, 0.6) is 0 Å². The van der Waals surface area contributed by atoms with Gasteiger partial charge in [-0.3, -0.25) is 0 Å². The molecule has 3 aliphatic rings. The van der Waals surface area contributed by atoms with E-state index in [4.69, 9.17) is 37.2 Å². The third-order valence-corrected chi connectivity index (χ3v) is 10.3. The van der Waals surface area contributed by atoms with Crippen LogP contribution in [0.3, 0.4) is 0 Å². The fourth-order valence-corrected chi connectivity index (χ4v) is 7.91. The second kappa shape index (κ2) is 10.8. The van der Waals surface area contributed by atoms with Crippen LogP contribution in [0.1, 0.15) is 59.7 Å². The van der Waals surface area contributed by atoms with Gasteiger partial charge in [0.25, 0.3) is 0 Å². The molecule has 2 aromatic carbocycles. The Hall–Kier alpha value is -2.72. The van der Waals surface area contributed by atoms with E-state index >= 15 is 0 Å². The van der Waals surface area contributed by atoms with Crippen molar-refractivity contribution in [1.82, 2.24) is 10.1 Å². The van der Waals surface area contributed by atoms with E-state index in [1.165, 1.54) is 24.5 Å². The highest BCUT2D eigenvalue weighted by atomic mass is 35.5. The monoisotopic (exact) mass is 615 g/mol. The van der Waals surface area contributed by atoms with E-state index in [9.17, 15) is 9.18 Å². The van der Waals surface area contributed by atoms with E-state index in [1.54, 1.807) is 6.07 Å². The fourth-order valence-electron chi connectivity index (χ4n) is 6.29. The molecule has 2 aliphatic carbocycles. The molecule has 11 heteroatoms. The van der Waals surface area contributed by atoms with Crippen molar-refractivity contribution in [3.05, 3.63) is 63.1 Å². The van der Waals surface area contributed by atoms with Gasteiger partial charge in [0.1, 0.15) is 17.0 Å². The molecule has 0 unspecified atom stereocenters. The summed E-state index contributed by atoms with van der Waals surface area (Å²) >= 11 is 14.5. The van der Waals surface area contributed by atoms with Gasteiger partial charge in [0.15, 0.2) is 10.9 Å². The Kier molecular flexibility index (Phi) is 7.17. The lowest BCUT2D eigenvalue weighted by Crippen LogP contribution is -2.28. The minimum Gasteiger partial charge on any atom is -0.465 e. The summed E-state index contributed by atoms with van der Waals surface area (Å²) in [5.74, 6) is 1.18. The van der Waals surface area contributed by atoms with Crippen molar-refractivity contribution in [2.24, 2.45) is 11.8 Å². The lowest BCUT2D eigenvalue weighted by molar-refractivity contribution is -0.00495. The topological polar surface area (TPSA) is 77.7 Å². The van der Waals surface area contributed by atoms with Gasteiger partial charge in [0.05, 0.1) is 40.1 Å². The maximum Gasteiger partial charge on any atom is 0.338 e. The average molecular weight is 617 g/mol. The number of thiazole rings is 1. The number of aromatic nitrogens is 2. The van der Waals surface area contributed by atoms with Crippen molar-refractivity contribution in [2.75, 3.05) is 25.1 Å². The van der Waals surface area contributed by atoms with Crippen molar-refractivity contribution in [2.45, 2.75) is 50.7 Å². The first-order valence-electron chi connectivity index (χ1n) is 13.9. The van der Waals surface area contributed by atoms with Crippen LogP contribution < -0.4 is 4.90 Å². The Balaban J connectivity index is 1.05. The minimum absolute atomic E-state index is 0.114. The van der Waals surface area contributed by atoms with Gasteiger partial charge < -0.3 is 18.9 Å². The molecule has 2 aromatic heterocycles. The third kappa shape index (κ3) is 5.11. The van der Waals surface area contributed by atoms with Crippen LogP contribution in [0.2, 0.25) is 10.0 Å². The molecular formula is C30H28Cl2FN3O4S. The van der Waals surface area contributed by atoms with Crippen molar-refractivity contribution in [3.8, 4) is 11.3 Å². The quantitative estimate of drug-likeness (QED) is 0.196. The SMILES string of the molecule is COC(=O)c1cc(F)c2nc(N3C[C@H]4CC[C@H](OCc5c(-c6c(Cl)cccc6Cl)noc5C5CC5)C[C@H]4C3)sc2c1. The average Bonchev–Trinajstić information content (AvgIpc) is 3.37. The maximum atomic E-state index is 14.7. The number of anilines is 1. The summed E-state index contributed by atoms with van der Waals surface area (Å²) in [6.07, 6.45) is 5.25. The lowest BCUT2D eigenvalue weighted by Gasteiger charge is -2.30. The molecule has 0 spiro atoms. The van der Waals surface area contributed by atoms with E-state index in [0.717, 1.165) is 61.6 Å². The summed E-state index contributed by atoms with van der Waals surface area (Å²) < 4.78 is 32.5. The molecule has 0 amide bonds. The van der Waals surface area contributed by atoms with Gasteiger partial charge in [-0.05, 0) is 68.2 Å². The maximum absolute atomic E-state index is 14.7. The molecule has 7 nitrogen and oxygen atoms in total. The zero-order valence-corrected chi connectivity index (χ0v) is 24.7. The van der Waals surface area contributed by atoms with Gasteiger partial charge in [-0.15, -0.1) is 0 Å². The first kappa shape index (κ1) is 27.1. The highest BCUT2D eigenvalue weighted by Crippen LogP contribution is 2.47. The summed E-state index contributed by atoms with van der Waals surface area (Å²) in [7, 11) is 1.29. The van der Waals surface area contributed by atoms with Gasteiger partial charge in [0, 0.05) is 30.1 Å². The van der Waals surface area contributed by atoms with Crippen LogP contribution in [-0.4, -0.2) is 42.4 Å². The number of esters is 1. The summed E-state index contributed by atoms with van der Waals surface area (Å²) in [6.45, 7) is 2.13. The van der Waals surface area contributed by atoms with Gasteiger partial charge >= 0.3 is 5.97 Å². The van der Waals surface area contributed by atoms with Crippen molar-refractivity contribution in [3.63, 3.8) is 0 Å². The smallest absolute Gasteiger partial charge is 0.338 e. The molecule has 0 N–H and O–H groups in total. The van der Waals surface area contributed by atoms with Crippen LogP contribution >= 0.6 is 34.5 Å². The predicted molar refractivity (Wildman–Crippen MR) is 156 cm³/mol. The first-order valence-corrected chi connectivity index (χ1v) is 15.4. The van der Waals surface area contributed by atoms with Gasteiger partial charge in [-0.1, -0.05) is 45.8 Å². The second-order valence-corrected chi connectivity index (χ2v) is 13.0. The van der Waals surface area contributed by atoms with Crippen molar-refractivity contribution in [1.29, 1.82) is 0 Å². The first-order chi connectivity index (χ1) is 19.9. The molecule has 7 rings (SSSR count). The number of nitrogens with zero attached hydrogens (tertiary/aromatic N) is 3. The van der Waals surface area contributed by atoms with Crippen molar-refractivity contribution >= 4 is 55.9 Å². The predicted octanol–water partition coefficient (Wildman–Crippen LogP) is 7.88. The second-order valence-electron chi connectivity index (χ2n) is 11.2. The molecule has 3 atom stereocenters. The van der Waals surface area contributed by atoms with Crippen LogP contribution in [0.25, 0.3) is 21.5 Å². The molecule has 3 heterocycles. The highest BCUT2D eigenvalue weighted by Gasteiger charge is 2.40. The number of hydrogen-bond acceptors (Lipinski definition) is 8. The van der Waals surface area contributed by atoms with Gasteiger partial charge in [-0.2, -0.15) is 0 Å². The Labute approximate surface area is 250 Å². The summed E-state index contributed by atoms with van der Waals surface area (Å²) in [6, 6.07) is 8.29. The zero-order chi connectivity index (χ0) is 28.2. The van der Waals surface area contributed by atoms with Crippen LogP contribution in [0, 0.1) is 17.7 Å². The molecule has 0 bridgehead atoms. The number of carbonyl (C=O) groups excluding carboxylic acids is 1. The summed E-state index contributed by atoms with van der Waals surface area (Å²) in [4.78, 5) is 18.8. The molecule has 4 aromatic rings. The number of benzene rings is 2. The number of ether oxygens (including phenoxy) is 2. The Morgan fingerprint density at radius 2 is 1.93 bits per heavy atom. The fraction of sp³-hybridized carbons (Fsp3) is 0.433. The Morgan fingerprint density at radius 3 is 2.68 bits per heavy atom. The highest BCUT2D eigenvalue weighted by molar-refractivity contribution is 7.22. The molecular weight excluding hydrogens is 588 g/mol. The van der Waals surface area contributed by atoms with E-state index in [0.29, 0.717) is 55.9 Å². The van der Waals surface area contributed by atoms with E-state index in [2.05, 4.69) is 15.0 Å². The normalized spacial score (nSPS) is 22.3. The van der Waals surface area contributed by atoms with E-state index < -0.39 is 11.8 Å². The summed E-state index contributed by atoms with van der Waals surface area (Å²) in [5.41, 5.74) is 2.79. The molecule has 3 fully saturated rings. The number of halogens is 3. The molecule has 2 saturated carbocycles. The molecule has 1 saturated heterocycles. The molecule has 1 aliphatic heterocycles. The third-order valence-electron chi connectivity index (χ3n) is 8.56. The molecule has 214 valence electrons. The lowest BCUT2D eigenvalue weighted by atomic mass is 9.80.